The number of aromatic nitrogens is 2. The van der Waals surface area contributed by atoms with Crippen molar-refractivity contribution in [2.45, 2.75) is 27.2 Å². The van der Waals surface area contributed by atoms with Crippen LogP contribution in [0, 0.1) is 5.41 Å². The molecule has 0 aliphatic heterocycles. The van der Waals surface area contributed by atoms with Crippen molar-refractivity contribution in [3.05, 3.63) is 16.8 Å². The Labute approximate surface area is 109 Å². The summed E-state index contributed by atoms with van der Waals surface area (Å²) < 4.78 is 5.37. The molecule has 5 nitrogen and oxygen atoms in total. The van der Waals surface area contributed by atoms with Gasteiger partial charge < -0.3 is 4.42 Å². The van der Waals surface area contributed by atoms with Gasteiger partial charge in [0.05, 0.1) is 0 Å². The third-order valence-corrected chi connectivity index (χ3v) is 2.81. The van der Waals surface area contributed by atoms with Crippen molar-refractivity contribution >= 4 is 23.3 Å². The molecule has 1 N–H and O–H groups in total. The van der Waals surface area contributed by atoms with Gasteiger partial charge in [-0.25, -0.2) is 0 Å². The van der Waals surface area contributed by atoms with Crippen LogP contribution in [-0.2, 0) is 4.79 Å². The van der Waals surface area contributed by atoms with E-state index in [0.29, 0.717) is 12.3 Å². The van der Waals surface area contributed by atoms with Crippen LogP contribution in [0.3, 0.4) is 0 Å². The second-order valence-corrected chi connectivity index (χ2v) is 5.99. The lowest BCUT2D eigenvalue weighted by Crippen LogP contribution is -2.19. The van der Waals surface area contributed by atoms with Crippen LogP contribution in [0.15, 0.2) is 21.2 Å². The lowest BCUT2D eigenvalue weighted by molar-refractivity contribution is -0.117. The van der Waals surface area contributed by atoms with Crippen molar-refractivity contribution in [2.75, 3.05) is 5.32 Å². The van der Waals surface area contributed by atoms with Crippen molar-refractivity contribution in [2.24, 2.45) is 5.41 Å². The highest BCUT2D eigenvalue weighted by Crippen LogP contribution is 2.23. The summed E-state index contributed by atoms with van der Waals surface area (Å²) in [6, 6.07) is 2.03. The van der Waals surface area contributed by atoms with Gasteiger partial charge in [-0.3, -0.25) is 10.1 Å². The summed E-state index contributed by atoms with van der Waals surface area (Å²) in [6.45, 7) is 5.99. The summed E-state index contributed by atoms with van der Waals surface area (Å²) >= 11 is 1.55. The van der Waals surface area contributed by atoms with E-state index >= 15 is 0 Å². The summed E-state index contributed by atoms with van der Waals surface area (Å²) in [5, 5.41) is 14.1. The van der Waals surface area contributed by atoms with Gasteiger partial charge in [-0.2, -0.15) is 11.3 Å². The Morgan fingerprint density at radius 2 is 2.22 bits per heavy atom. The molecule has 2 aromatic rings. The maximum absolute atomic E-state index is 11.7. The van der Waals surface area contributed by atoms with Gasteiger partial charge in [0.1, 0.15) is 0 Å². The molecule has 0 saturated carbocycles. The molecule has 2 heterocycles. The van der Waals surface area contributed by atoms with Crippen molar-refractivity contribution in [1.29, 1.82) is 0 Å². The lowest BCUT2D eigenvalue weighted by Gasteiger charge is -2.15. The van der Waals surface area contributed by atoms with Crippen molar-refractivity contribution < 1.29 is 9.21 Å². The fraction of sp³-hybridized carbons (Fsp3) is 0.417. The third kappa shape index (κ3) is 3.40. The molecule has 6 heteroatoms. The average Bonchev–Trinajstić information content (AvgIpc) is 2.82. The number of thiophene rings is 1. The van der Waals surface area contributed by atoms with E-state index in [4.69, 9.17) is 4.42 Å². The first-order valence-electron chi connectivity index (χ1n) is 5.60. The first-order chi connectivity index (χ1) is 8.44. The number of amides is 1. The van der Waals surface area contributed by atoms with Gasteiger partial charge in [0.25, 0.3) is 5.89 Å². The van der Waals surface area contributed by atoms with E-state index in [1.54, 1.807) is 11.3 Å². The van der Waals surface area contributed by atoms with Gasteiger partial charge in [0.2, 0.25) is 5.91 Å². The van der Waals surface area contributed by atoms with Crippen LogP contribution in [0.25, 0.3) is 11.5 Å². The topological polar surface area (TPSA) is 68.0 Å². The zero-order valence-corrected chi connectivity index (χ0v) is 11.4. The zero-order chi connectivity index (χ0) is 13.2. The van der Waals surface area contributed by atoms with Crippen LogP contribution >= 0.6 is 11.3 Å². The number of rotatable bonds is 3. The maximum atomic E-state index is 11.7. The van der Waals surface area contributed by atoms with E-state index < -0.39 is 0 Å². The average molecular weight is 265 g/mol. The normalized spacial score (nSPS) is 11.5. The molecule has 1 amide bonds. The summed E-state index contributed by atoms with van der Waals surface area (Å²) in [4.78, 5) is 11.7. The first-order valence-corrected chi connectivity index (χ1v) is 6.54. The molecule has 2 aromatic heterocycles. The highest BCUT2D eigenvalue weighted by Gasteiger charge is 2.18. The van der Waals surface area contributed by atoms with Gasteiger partial charge in [0.15, 0.2) is 0 Å². The number of carbonyl (C=O) groups is 1. The Kier molecular flexibility index (Phi) is 3.47. The monoisotopic (exact) mass is 265 g/mol. The Hall–Kier alpha value is -1.69. The smallest absolute Gasteiger partial charge is 0.322 e. The fourth-order valence-corrected chi connectivity index (χ4v) is 2.05. The molecule has 0 saturated heterocycles. The molecule has 96 valence electrons. The minimum absolute atomic E-state index is 0.0692. The van der Waals surface area contributed by atoms with Crippen LogP contribution in [0.5, 0.6) is 0 Å². The molecular weight excluding hydrogens is 250 g/mol. The molecule has 18 heavy (non-hydrogen) atoms. The van der Waals surface area contributed by atoms with Crippen LogP contribution < -0.4 is 5.32 Å². The van der Waals surface area contributed by atoms with Crippen LogP contribution in [0.4, 0.5) is 6.01 Å². The number of carbonyl (C=O) groups excluding carboxylic acids is 1. The maximum Gasteiger partial charge on any atom is 0.322 e. The minimum atomic E-state index is -0.122. The van der Waals surface area contributed by atoms with Gasteiger partial charge in [-0.1, -0.05) is 25.9 Å². The summed E-state index contributed by atoms with van der Waals surface area (Å²) in [5.74, 6) is 0.297. The minimum Gasteiger partial charge on any atom is -0.403 e. The Balaban J connectivity index is 2.01. The SMILES string of the molecule is CC(C)(C)CC(=O)Nc1nnc(-c2ccsc2)o1. The fourth-order valence-electron chi connectivity index (χ4n) is 1.42. The molecule has 0 bridgehead atoms. The molecule has 0 fully saturated rings. The first kappa shape index (κ1) is 12.8. The quantitative estimate of drug-likeness (QED) is 0.925. The van der Waals surface area contributed by atoms with Gasteiger partial charge in [-0.15, -0.1) is 5.10 Å². The molecule has 0 aliphatic carbocycles. The second-order valence-electron chi connectivity index (χ2n) is 5.21. The molecule has 2 rings (SSSR count). The van der Waals surface area contributed by atoms with Gasteiger partial charge in [-0.05, 0) is 16.9 Å². The number of anilines is 1. The van der Waals surface area contributed by atoms with Crippen LogP contribution in [0.1, 0.15) is 27.2 Å². The summed E-state index contributed by atoms with van der Waals surface area (Å²) in [7, 11) is 0. The predicted octanol–water partition coefficient (Wildman–Crippen LogP) is 3.17. The molecule has 0 atom stereocenters. The highest BCUT2D eigenvalue weighted by atomic mass is 32.1. The van der Waals surface area contributed by atoms with Gasteiger partial charge >= 0.3 is 6.01 Å². The molecule has 0 radical (unpaired) electrons. The largest absolute Gasteiger partial charge is 0.403 e. The molecule has 0 spiro atoms. The molecule has 0 aromatic carbocycles. The molecular formula is C12H15N3O2S. The van der Waals surface area contributed by atoms with E-state index in [2.05, 4.69) is 15.5 Å². The van der Waals surface area contributed by atoms with Crippen molar-refractivity contribution in [3.63, 3.8) is 0 Å². The zero-order valence-electron chi connectivity index (χ0n) is 10.6. The Morgan fingerprint density at radius 3 is 2.83 bits per heavy atom. The number of nitrogens with one attached hydrogen (secondary N) is 1. The third-order valence-electron chi connectivity index (χ3n) is 2.13. The number of hydrogen-bond acceptors (Lipinski definition) is 5. The number of hydrogen-bond donors (Lipinski definition) is 1. The van der Waals surface area contributed by atoms with E-state index in [1.165, 1.54) is 0 Å². The predicted molar refractivity (Wildman–Crippen MR) is 70.3 cm³/mol. The van der Waals surface area contributed by atoms with Crippen molar-refractivity contribution in [3.8, 4) is 11.5 Å². The summed E-state index contributed by atoms with van der Waals surface area (Å²) in [6.07, 6.45) is 0.406. The molecule has 0 aliphatic rings. The van der Waals surface area contributed by atoms with Gasteiger partial charge in [0, 0.05) is 17.4 Å². The van der Waals surface area contributed by atoms with E-state index in [0.717, 1.165) is 5.56 Å². The van der Waals surface area contributed by atoms with E-state index in [1.807, 2.05) is 37.6 Å². The van der Waals surface area contributed by atoms with E-state index in [9.17, 15) is 4.79 Å². The van der Waals surface area contributed by atoms with E-state index in [-0.39, 0.29) is 17.3 Å². The van der Waals surface area contributed by atoms with Crippen molar-refractivity contribution in [1.82, 2.24) is 10.2 Å². The van der Waals surface area contributed by atoms with Crippen LogP contribution in [0.2, 0.25) is 0 Å². The Bertz CT molecular complexity index is 526. The van der Waals surface area contributed by atoms with Crippen LogP contribution in [-0.4, -0.2) is 16.1 Å². The number of nitrogens with zero attached hydrogens (tertiary/aromatic N) is 2. The summed E-state index contributed by atoms with van der Waals surface area (Å²) in [5.41, 5.74) is 0.795. The lowest BCUT2D eigenvalue weighted by atomic mass is 9.92. The highest BCUT2D eigenvalue weighted by molar-refractivity contribution is 7.08. The Morgan fingerprint density at radius 1 is 1.44 bits per heavy atom. The molecule has 0 unspecified atom stereocenters. The second kappa shape index (κ2) is 4.89. The standard InChI is InChI=1S/C12H15N3O2S/c1-12(2,3)6-9(16)13-11-15-14-10(17-11)8-4-5-18-7-8/h4-5,7H,6H2,1-3H3,(H,13,15,16).